The van der Waals surface area contributed by atoms with Gasteiger partial charge in [-0.05, 0) is 48.0 Å². The summed E-state index contributed by atoms with van der Waals surface area (Å²) < 4.78 is 28.9. The number of ether oxygens (including phenoxy) is 5. The summed E-state index contributed by atoms with van der Waals surface area (Å²) in [6.45, 7) is 8.65. The SMILES string of the molecule is COc1ccc(COc2cc(N3CCOCC3)cc(-c3cccc4c3Sc3ccc(OCCN5CCOCC5)cc3S4)n2)cc1. The Kier molecular flexibility index (Phi) is 9.65. The third kappa shape index (κ3) is 7.37. The number of benzene rings is 3. The molecule has 4 heterocycles. The van der Waals surface area contributed by atoms with Crippen LogP contribution in [-0.4, -0.2) is 82.8 Å². The second-order valence-electron chi connectivity index (χ2n) is 11.0. The molecule has 1 aromatic heterocycles. The summed E-state index contributed by atoms with van der Waals surface area (Å²) in [5.74, 6) is 2.34. The second-order valence-corrected chi connectivity index (χ2v) is 13.2. The average Bonchev–Trinajstić information content (AvgIpc) is 3.10. The molecule has 3 aliphatic heterocycles. The lowest BCUT2D eigenvalue weighted by atomic mass is 10.1. The molecular weight excluding hydrogens is 607 g/mol. The first-order valence-electron chi connectivity index (χ1n) is 15.4. The maximum atomic E-state index is 6.30. The molecule has 0 saturated carbocycles. The fourth-order valence-corrected chi connectivity index (χ4v) is 7.97. The predicted molar refractivity (Wildman–Crippen MR) is 177 cm³/mol. The summed E-state index contributed by atoms with van der Waals surface area (Å²) in [5, 5.41) is 0. The lowest BCUT2D eigenvalue weighted by Gasteiger charge is -2.29. The van der Waals surface area contributed by atoms with Gasteiger partial charge in [0.15, 0.2) is 0 Å². The normalized spacial score (nSPS) is 16.5. The van der Waals surface area contributed by atoms with E-state index in [1.165, 1.54) is 19.6 Å². The van der Waals surface area contributed by atoms with Crippen LogP contribution in [0.2, 0.25) is 0 Å². The largest absolute Gasteiger partial charge is 0.497 e. The Balaban J connectivity index is 1.12. The van der Waals surface area contributed by atoms with Gasteiger partial charge >= 0.3 is 0 Å². The molecule has 0 spiro atoms. The van der Waals surface area contributed by atoms with Crippen molar-refractivity contribution in [1.82, 2.24) is 9.88 Å². The van der Waals surface area contributed by atoms with Crippen LogP contribution < -0.4 is 19.1 Å². The van der Waals surface area contributed by atoms with Crippen LogP contribution in [0.25, 0.3) is 11.3 Å². The van der Waals surface area contributed by atoms with Crippen LogP contribution in [0.15, 0.2) is 92.4 Å². The van der Waals surface area contributed by atoms with Crippen molar-refractivity contribution in [3.8, 4) is 28.6 Å². The average molecular weight is 644 g/mol. The third-order valence-corrected chi connectivity index (χ3v) is 10.7. The molecule has 0 aliphatic carbocycles. The number of morpholine rings is 2. The van der Waals surface area contributed by atoms with E-state index in [0.717, 1.165) is 79.9 Å². The number of hydrogen-bond donors (Lipinski definition) is 0. The number of fused-ring (bicyclic) bond motifs is 2. The van der Waals surface area contributed by atoms with Crippen LogP contribution in [0.4, 0.5) is 5.69 Å². The van der Waals surface area contributed by atoms with Gasteiger partial charge in [0.25, 0.3) is 0 Å². The van der Waals surface area contributed by atoms with Gasteiger partial charge in [0.1, 0.15) is 24.7 Å². The molecule has 0 radical (unpaired) electrons. The van der Waals surface area contributed by atoms with Gasteiger partial charge in [0, 0.05) is 69.6 Å². The molecule has 234 valence electrons. The molecule has 0 bridgehead atoms. The van der Waals surface area contributed by atoms with Crippen molar-refractivity contribution in [3.05, 3.63) is 78.4 Å². The highest BCUT2D eigenvalue weighted by molar-refractivity contribution is 8.05. The molecule has 7 rings (SSSR count). The molecule has 0 N–H and O–H groups in total. The zero-order valence-electron chi connectivity index (χ0n) is 25.4. The summed E-state index contributed by atoms with van der Waals surface area (Å²) in [5.41, 5.74) is 4.16. The maximum absolute atomic E-state index is 6.30. The van der Waals surface area contributed by atoms with E-state index in [1.807, 2.05) is 30.3 Å². The first-order chi connectivity index (χ1) is 22.2. The lowest BCUT2D eigenvalue weighted by molar-refractivity contribution is 0.0322. The zero-order chi connectivity index (χ0) is 30.4. The van der Waals surface area contributed by atoms with Crippen LogP contribution >= 0.6 is 23.5 Å². The molecule has 3 aromatic carbocycles. The minimum atomic E-state index is 0.421. The fraction of sp³-hybridized carbons (Fsp3) is 0.343. The maximum Gasteiger partial charge on any atom is 0.216 e. The lowest BCUT2D eigenvalue weighted by Crippen LogP contribution is -2.38. The van der Waals surface area contributed by atoms with Gasteiger partial charge < -0.3 is 28.6 Å². The third-order valence-electron chi connectivity index (χ3n) is 8.09. The van der Waals surface area contributed by atoms with E-state index in [0.29, 0.717) is 32.3 Å². The van der Waals surface area contributed by atoms with Gasteiger partial charge in [0.2, 0.25) is 5.88 Å². The number of rotatable bonds is 10. The number of methoxy groups -OCH3 is 1. The highest BCUT2D eigenvalue weighted by atomic mass is 32.2. The van der Waals surface area contributed by atoms with E-state index in [-0.39, 0.29) is 0 Å². The molecule has 4 aromatic rings. The second kappa shape index (κ2) is 14.3. The van der Waals surface area contributed by atoms with Crippen LogP contribution in [-0.2, 0) is 16.1 Å². The Labute approximate surface area is 273 Å². The molecule has 0 amide bonds. The molecule has 45 heavy (non-hydrogen) atoms. The van der Waals surface area contributed by atoms with Gasteiger partial charge in [-0.3, -0.25) is 4.90 Å². The number of pyridine rings is 1. The Morgan fingerprint density at radius 1 is 0.756 bits per heavy atom. The van der Waals surface area contributed by atoms with Gasteiger partial charge in [-0.1, -0.05) is 47.8 Å². The van der Waals surface area contributed by atoms with E-state index in [1.54, 1.807) is 30.6 Å². The molecule has 0 unspecified atom stereocenters. The van der Waals surface area contributed by atoms with E-state index >= 15 is 0 Å². The van der Waals surface area contributed by atoms with Crippen molar-refractivity contribution in [1.29, 1.82) is 0 Å². The van der Waals surface area contributed by atoms with Gasteiger partial charge in [-0.25, -0.2) is 4.98 Å². The van der Waals surface area contributed by atoms with Crippen molar-refractivity contribution in [2.45, 2.75) is 26.2 Å². The Hall–Kier alpha value is -3.41. The molecule has 2 fully saturated rings. The molecular formula is C35H37N3O5S2. The molecule has 10 heteroatoms. The van der Waals surface area contributed by atoms with E-state index < -0.39 is 0 Å². The Morgan fingerprint density at radius 2 is 1.53 bits per heavy atom. The molecule has 8 nitrogen and oxygen atoms in total. The van der Waals surface area contributed by atoms with E-state index in [2.05, 4.69) is 52.3 Å². The summed E-state index contributed by atoms with van der Waals surface area (Å²) in [7, 11) is 1.67. The minimum Gasteiger partial charge on any atom is -0.497 e. The van der Waals surface area contributed by atoms with Crippen LogP contribution in [0.3, 0.4) is 0 Å². The van der Waals surface area contributed by atoms with Gasteiger partial charge in [-0.2, -0.15) is 0 Å². The summed E-state index contributed by atoms with van der Waals surface area (Å²) >= 11 is 3.59. The monoisotopic (exact) mass is 643 g/mol. The number of anilines is 1. The van der Waals surface area contributed by atoms with Gasteiger partial charge in [-0.15, -0.1) is 0 Å². The van der Waals surface area contributed by atoms with Crippen molar-refractivity contribution in [2.24, 2.45) is 0 Å². The Morgan fingerprint density at radius 3 is 2.33 bits per heavy atom. The highest BCUT2D eigenvalue weighted by Gasteiger charge is 2.23. The Bertz CT molecular complexity index is 1610. The topological polar surface area (TPSA) is 65.5 Å². The van der Waals surface area contributed by atoms with Crippen molar-refractivity contribution >= 4 is 29.2 Å². The summed E-state index contributed by atoms with van der Waals surface area (Å²) in [6, 6.07) is 25.1. The van der Waals surface area contributed by atoms with Crippen molar-refractivity contribution in [3.63, 3.8) is 0 Å². The number of nitrogens with zero attached hydrogens (tertiary/aromatic N) is 3. The first kappa shape index (κ1) is 30.3. The molecule has 0 atom stereocenters. The fourth-order valence-electron chi connectivity index (χ4n) is 5.58. The molecule has 3 aliphatic rings. The van der Waals surface area contributed by atoms with E-state index in [9.17, 15) is 0 Å². The zero-order valence-corrected chi connectivity index (χ0v) is 27.0. The number of hydrogen-bond acceptors (Lipinski definition) is 10. The van der Waals surface area contributed by atoms with Crippen LogP contribution in [0.1, 0.15) is 5.56 Å². The standard InChI is InChI=1S/C35H37N3O5S2/c1-39-27-7-5-25(6-8-27)24-43-34-22-26(38-14-18-41-19-15-38)21-30(36-34)29-3-2-4-32-35(29)45-31-10-9-28(23-33(31)44-32)42-20-13-37-11-16-40-17-12-37/h2-10,21-23H,11-20,24H2,1H3. The predicted octanol–water partition coefficient (Wildman–Crippen LogP) is 6.50. The van der Waals surface area contributed by atoms with Crippen LogP contribution in [0, 0.1) is 0 Å². The summed E-state index contributed by atoms with van der Waals surface area (Å²) in [4.78, 5) is 14.6. The van der Waals surface area contributed by atoms with Gasteiger partial charge in [0.05, 0.1) is 39.2 Å². The highest BCUT2D eigenvalue weighted by Crippen LogP contribution is 2.52. The van der Waals surface area contributed by atoms with Crippen LogP contribution in [0.5, 0.6) is 17.4 Å². The smallest absolute Gasteiger partial charge is 0.216 e. The van der Waals surface area contributed by atoms with Crippen molar-refractivity contribution in [2.75, 3.05) is 77.8 Å². The quantitative estimate of drug-likeness (QED) is 0.169. The minimum absolute atomic E-state index is 0.421. The number of aromatic nitrogens is 1. The first-order valence-corrected chi connectivity index (χ1v) is 17.0. The summed E-state index contributed by atoms with van der Waals surface area (Å²) in [6.07, 6.45) is 0. The van der Waals surface area contributed by atoms with Crippen molar-refractivity contribution < 1.29 is 23.7 Å². The molecule has 2 saturated heterocycles. The van der Waals surface area contributed by atoms with E-state index in [4.69, 9.17) is 28.7 Å².